The predicted molar refractivity (Wildman–Crippen MR) is 78.7 cm³/mol. The SMILES string of the molecule is COC(=O)CCN(C(=O)c1ccc(C)c(C)c1)C(C)C. The number of hydrogen-bond acceptors (Lipinski definition) is 3. The molecule has 0 unspecified atom stereocenters. The molecule has 4 heteroatoms. The van der Waals surface area contributed by atoms with E-state index in [1.807, 2.05) is 45.9 Å². The van der Waals surface area contributed by atoms with Gasteiger partial charge in [-0.2, -0.15) is 0 Å². The Kier molecular flexibility index (Phi) is 5.74. The summed E-state index contributed by atoms with van der Waals surface area (Å²) >= 11 is 0. The molecule has 0 aliphatic heterocycles. The van der Waals surface area contributed by atoms with E-state index in [9.17, 15) is 9.59 Å². The monoisotopic (exact) mass is 277 g/mol. The molecular formula is C16H23NO3. The number of aryl methyl sites for hydroxylation is 2. The maximum Gasteiger partial charge on any atom is 0.307 e. The van der Waals surface area contributed by atoms with E-state index in [-0.39, 0.29) is 24.3 Å². The van der Waals surface area contributed by atoms with Crippen LogP contribution in [0.4, 0.5) is 0 Å². The standard InChI is InChI=1S/C16H23NO3/c1-11(2)17(9-8-15(18)20-5)16(19)14-7-6-12(3)13(4)10-14/h6-7,10-11H,8-9H2,1-5H3. The topological polar surface area (TPSA) is 46.6 Å². The van der Waals surface area contributed by atoms with Gasteiger partial charge in [0.05, 0.1) is 13.5 Å². The third-order valence-electron chi connectivity index (χ3n) is 3.42. The largest absolute Gasteiger partial charge is 0.469 e. The van der Waals surface area contributed by atoms with Crippen LogP contribution in [0, 0.1) is 13.8 Å². The van der Waals surface area contributed by atoms with Crippen molar-refractivity contribution in [2.24, 2.45) is 0 Å². The molecule has 0 aliphatic carbocycles. The molecule has 0 atom stereocenters. The number of hydrogen-bond donors (Lipinski definition) is 0. The van der Waals surface area contributed by atoms with Crippen molar-refractivity contribution in [2.45, 2.75) is 40.2 Å². The van der Waals surface area contributed by atoms with Gasteiger partial charge < -0.3 is 9.64 Å². The van der Waals surface area contributed by atoms with Gasteiger partial charge in [0.2, 0.25) is 0 Å². The van der Waals surface area contributed by atoms with Gasteiger partial charge in [-0.3, -0.25) is 9.59 Å². The van der Waals surface area contributed by atoms with Gasteiger partial charge in [-0.1, -0.05) is 6.07 Å². The summed E-state index contributed by atoms with van der Waals surface area (Å²) in [6, 6.07) is 5.71. The summed E-state index contributed by atoms with van der Waals surface area (Å²) in [5, 5.41) is 0. The number of ether oxygens (including phenoxy) is 1. The van der Waals surface area contributed by atoms with Crippen molar-refractivity contribution in [3.05, 3.63) is 34.9 Å². The minimum absolute atomic E-state index is 0.0359. The number of carbonyl (C=O) groups excluding carboxylic acids is 2. The molecule has 0 saturated carbocycles. The van der Waals surface area contributed by atoms with Crippen LogP contribution in [0.25, 0.3) is 0 Å². The van der Waals surface area contributed by atoms with Gasteiger partial charge in [0, 0.05) is 18.2 Å². The van der Waals surface area contributed by atoms with Crippen LogP contribution in [-0.2, 0) is 9.53 Å². The van der Waals surface area contributed by atoms with Gasteiger partial charge in [0.25, 0.3) is 5.91 Å². The summed E-state index contributed by atoms with van der Waals surface area (Å²) in [5.74, 6) is -0.351. The van der Waals surface area contributed by atoms with Crippen LogP contribution in [-0.4, -0.2) is 36.5 Å². The van der Waals surface area contributed by atoms with E-state index in [1.54, 1.807) is 4.90 Å². The van der Waals surface area contributed by atoms with Crippen LogP contribution in [0.15, 0.2) is 18.2 Å². The molecule has 1 amide bonds. The second-order valence-corrected chi connectivity index (χ2v) is 5.22. The lowest BCUT2D eigenvalue weighted by Crippen LogP contribution is -2.38. The number of nitrogens with zero attached hydrogens (tertiary/aromatic N) is 1. The highest BCUT2D eigenvalue weighted by Crippen LogP contribution is 2.14. The van der Waals surface area contributed by atoms with Crippen molar-refractivity contribution < 1.29 is 14.3 Å². The molecule has 0 fully saturated rings. The second kappa shape index (κ2) is 7.08. The highest BCUT2D eigenvalue weighted by Gasteiger charge is 2.20. The lowest BCUT2D eigenvalue weighted by Gasteiger charge is -2.26. The van der Waals surface area contributed by atoms with E-state index in [1.165, 1.54) is 7.11 Å². The molecule has 1 rings (SSSR count). The fourth-order valence-electron chi connectivity index (χ4n) is 1.95. The zero-order valence-corrected chi connectivity index (χ0v) is 12.9. The summed E-state index contributed by atoms with van der Waals surface area (Å²) in [5.41, 5.74) is 2.91. The molecule has 0 spiro atoms. The Balaban J connectivity index is 2.88. The first-order valence-corrected chi connectivity index (χ1v) is 6.81. The van der Waals surface area contributed by atoms with Crippen LogP contribution >= 0.6 is 0 Å². The quantitative estimate of drug-likeness (QED) is 0.777. The van der Waals surface area contributed by atoms with Gasteiger partial charge in [0.15, 0.2) is 0 Å². The molecule has 0 heterocycles. The van der Waals surface area contributed by atoms with Crippen LogP contribution in [0.2, 0.25) is 0 Å². The number of benzene rings is 1. The summed E-state index contributed by atoms with van der Waals surface area (Å²) in [7, 11) is 1.35. The predicted octanol–water partition coefficient (Wildman–Crippen LogP) is 2.72. The van der Waals surface area contributed by atoms with Crippen molar-refractivity contribution in [3.8, 4) is 0 Å². The normalized spacial score (nSPS) is 10.5. The van der Waals surface area contributed by atoms with Crippen molar-refractivity contribution in [1.82, 2.24) is 4.90 Å². The van der Waals surface area contributed by atoms with Crippen LogP contribution in [0.5, 0.6) is 0 Å². The molecule has 0 saturated heterocycles. The van der Waals surface area contributed by atoms with E-state index >= 15 is 0 Å². The Morgan fingerprint density at radius 3 is 2.35 bits per heavy atom. The van der Waals surface area contributed by atoms with Gasteiger partial charge >= 0.3 is 5.97 Å². The second-order valence-electron chi connectivity index (χ2n) is 5.22. The minimum atomic E-state index is -0.302. The lowest BCUT2D eigenvalue weighted by atomic mass is 10.0. The molecule has 110 valence electrons. The zero-order valence-electron chi connectivity index (χ0n) is 12.9. The average molecular weight is 277 g/mol. The summed E-state index contributed by atoms with van der Waals surface area (Å²) < 4.78 is 4.62. The molecule has 1 aromatic carbocycles. The molecule has 4 nitrogen and oxygen atoms in total. The smallest absolute Gasteiger partial charge is 0.307 e. The Morgan fingerprint density at radius 1 is 1.20 bits per heavy atom. The third-order valence-corrected chi connectivity index (χ3v) is 3.42. The van der Waals surface area contributed by atoms with Gasteiger partial charge in [-0.05, 0) is 51.0 Å². The van der Waals surface area contributed by atoms with Crippen molar-refractivity contribution in [3.63, 3.8) is 0 Å². The number of methoxy groups -OCH3 is 1. The van der Waals surface area contributed by atoms with Gasteiger partial charge in [-0.25, -0.2) is 0 Å². The highest BCUT2D eigenvalue weighted by atomic mass is 16.5. The highest BCUT2D eigenvalue weighted by molar-refractivity contribution is 5.94. The maximum absolute atomic E-state index is 12.5. The van der Waals surface area contributed by atoms with Crippen LogP contribution < -0.4 is 0 Å². The zero-order chi connectivity index (χ0) is 15.3. The molecule has 1 aromatic rings. The van der Waals surface area contributed by atoms with E-state index < -0.39 is 0 Å². The van der Waals surface area contributed by atoms with Crippen molar-refractivity contribution in [1.29, 1.82) is 0 Å². The molecular weight excluding hydrogens is 254 g/mol. The van der Waals surface area contributed by atoms with Gasteiger partial charge in [0.1, 0.15) is 0 Å². The first-order valence-electron chi connectivity index (χ1n) is 6.81. The van der Waals surface area contributed by atoms with E-state index in [0.29, 0.717) is 12.1 Å². The van der Waals surface area contributed by atoms with Crippen molar-refractivity contribution >= 4 is 11.9 Å². The summed E-state index contributed by atoms with van der Waals surface area (Å²) in [6.45, 7) is 8.25. The molecule has 0 bridgehead atoms. The Bertz CT molecular complexity index is 494. The molecule has 0 radical (unpaired) electrons. The first kappa shape index (κ1) is 16.2. The number of carbonyl (C=O) groups is 2. The fourth-order valence-corrected chi connectivity index (χ4v) is 1.95. The van der Waals surface area contributed by atoms with Crippen molar-refractivity contribution in [2.75, 3.05) is 13.7 Å². The molecule has 20 heavy (non-hydrogen) atoms. The third kappa shape index (κ3) is 4.08. The first-order chi connectivity index (χ1) is 9.36. The Morgan fingerprint density at radius 2 is 1.85 bits per heavy atom. The number of rotatable bonds is 5. The maximum atomic E-state index is 12.5. The lowest BCUT2D eigenvalue weighted by molar-refractivity contribution is -0.140. The summed E-state index contributed by atoms with van der Waals surface area (Å²) in [6.07, 6.45) is 0.214. The number of esters is 1. The minimum Gasteiger partial charge on any atom is -0.469 e. The Hall–Kier alpha value is -1.84. The van der Waals surface area contributed by atoms with E-state index in [0.717, 1.165) is 11.1 Å². The molecule has 0 aromatic heterocycles. The summed E-state index contributed by atoms with van der Waals surface area (Å²) in [4.78, 5) is 25.5. The van der Waals surface area contributed by atoms with Crippen LogP contribution in [0.1, 0.15) is 41.8 Å². The average Bonchev–Trinajstić information content (AvgIpc) is 2.41. The molecule has 0 N–H and O–H groups in total. The van der Waals surface area contributed by atoms with Crippen LogP contribution in [0.3, 0.4) is 0 Å². The van der Waals surface area contributed by atoms with E-state index in [4.69, 9.17) is 0 Å². The molecule has 0 aliphatic rings. The van der Waals surface area contributed by atoms with Gasteiger partial charge in [-0.15, -0.1) is 0 Å². The fraction of sp³-hybridized carbons (Fsp3) is 0.500. The Labute approximate surface area is 120 Å². The van der Waals surface area contributed by atoms with E-state index in [2.05, 4.69) is 4.74 Å². The number of amides is 1.